The van der Waals surface area contributed by atoms with Crippen LogP contribution in [-0.4, -0.2) is 13.2 Å². The number of aryl methyl sites for hydroxylation is 1. The van der Waals surface area contributed by atoms with Gasteiger partial charge in [0.25, 0.3) is 0 Å². The lowest BCUT2D eigenvalue weighted by Crippen LogP contribution is -1.97. The molecule has 0 saturated carbocycles. The first kappa shape index (κ1) is 10.5. The van der Waals surface area contributed by atoms with Crippen molar-refractivity contribution >= 4 is 6.08 Å². The molecule has 1 aromatic rings. The molecule has 3 nitrogen and oxygen atoms in total. The van der Waals surface area contributed by atoms with Crippen LogP contribution in [0.2, 0.25) is 0 Å². The summed E-state index contributed by atoms with van der Waals surface area (Å²) in [5.41, 5.74) is 1.95. The molecule has 0 aliphatic heterocycles. The Morgan fingerprint density at radius 3 is 2.79 bits per heavy atom. The van der Waals surface area contributed by atoms with Gasteiger partial charge < -0.3 is 4.74 Å². The van der Waals surface area contributed by atoms with E-state index in [1.165, 1.54) is 0 Å². The first-order valence-corrected chi connectivity index (χ1v) is 4.41. The van der Waals surface area contributed by atoms with E-state index in [9.17, 15) is 4.79 Å². The van der Waals surface area contributed by atoms with E-state index < -0.39 is 0 Å². The highest BCUT2D eigenvalue weighted by Crippen LogP contribution is 2.29. The lowest BCUT2D eigenvalue weighted by molar-refractivity contribution is 0.404. The van der Waals surface area contributed by atoms with Crippen LogP contribution in [0.3, 0.4) is 0 Å². The average Bonchev–Trinajstić information content (AvgIpc) is 2.17. The molecule has 14 heavy (non-hydrogen) atoms. The Balaban J connectivity index is 3.19. The van der Waals surface area contributed by atoms with Gasteiger partial charge in [-0.25, -0.2) is 4.79 Å². The van der Waals surface area contributed by atoms with E-state index in [1.807, 2.05) is 32.0 Å². The highest BCUT2D eigenvalue weighted by molar-refractivity contribution is 5.44. The van der Waals surface area contributed by atoms with Gasteiger partial charge in [-0.15, -0.1) is 0 Å². The zero-order chi connectivity index (χ0) is 10.6. The Bertz CT molecular complexity index is 368. The molecule has 0 aromatic heterocycles. The normalized spacial score (nSPS) is 11.6. The van der Waals surface area contributed by atoms with Crippen LogP contribution in [0.4, 0.5) is 0 Å². The Kier molecular flexibility index (Phi) is 3.43. The number of ether oxygens (including phenoxy) is 1. The molecule has 0 aliphatic rings. The van der Waals surface area contributed by atoms with Crippen molar-refractivity contribution in [3.63, 3.8) is 0 Å². The van der Waals surface area contributed by atoms with Gasteiger partial charge in [-0.1, -0.05) is 18.2 Å². The molecular formula is C11H13NO2. The van der Waals surface area contributed by atoms with Crippen molar-refractivity contribution in [3.05, 3.63) is 29.3 Å². The summed E-state index contributed by atoms with van der Waals surface area (Å²) >= 11 is 0. The van der Waals surface area contributed by atoms with Crippen molar-refractivity contribution in [1.29, 1.82) is 0 Å². The maximum atomic E-state index is 10.1. The fourth-order valence-corrected chi connectivity index (χ4v) is 1.43. The lowest BCUT2D eigenvalue weighted by Gasteiger charge is -2.12. The smallest absolute Gasteiger partial charge is 0.235 e. The third-order valence-electron chi connectivity index (χ3n) is 2.14. The summed E-state index contributed by atoms with van der Waals surface area (Å²) in [6.45, 7) is 3.79. The van der Waals surface area contributed by atoms with Gasteiger partial charge in [0.2, 0.25) is 6.08 Å². The molecule has 3 heteroatoms. The first-order chi connectivity index (χ1) is 6.70. The van der Waals surface area contributed by atoms with E-state index in [0.717, 1.165) is 16.9 Å². The van der Waals surface area contributed by atoms with Crippen LogP contribution in [-0.2, 0) is 4.79 Å². The number of aliphatic imine (C=N–C) groups is 1. The number of isocyanates is 1. The molecule has 1 atom stereocenters. The Morgan fingerprint density at radius 2 is 2.21 bits per heavy atom. The van der Waals surface area contributed by atoms with Gasteiger partial charge in [-0.05, 0) is 19.4 Å². The molecule has 0 heterocycles. The molecule has 0 saturated heterocycles. The molecular weight excluding hydrogens is 178 g/mol. The van der Waals surface area contributed by atoms with Gasteiger partial charge in [0.05, 0.1) is 13.2 Å². The van der Waals surface area contributed by atoms with Crippen LogP contribution < -0.4 is 4.74 Å². The summed E-state index contributed by atoms with van der Waals surface area (Å²) in [6, 6.07) is 5.57. The van der Waals surface area contributed by atoms with E-state index in [-0.39, 0.29) is 6.04 Å². The topological polar surface area (TPSA) is 38.7 Å². The molecule has 1 rings (SSSR count). The van der Waals surface area contributed by atoms with Gasteiger partial charge in [-0.3, -0.25) is 0 Å². The fraction of sp³-hybridized carbons (Fsp3) is 0.364. The molecule has 1 unspecified atom stereocenters. The predicted molar refractivity (Wildman–Crippen MR) is 54.3 cm³/mol. The van der Waals surface area contributed by atoms with Gasteiger partial charge in [-0.2, -0.15) is 4.99 Å². The molecule has 0 bridgehead atoms. The van der Waals surface area contributed by atoms with E-state index in [1.54, 1.807) is 13.2 Å². The first-order valence-electron chi connectivity index (χ1n) is 4.41. The molecule has 0 amide bonds. The number of nitrogens with zero attached hydrogens (tertiary/aromatic N) is 1. The minimum atomic E-state index is -0.206. The van der Waals surface area contributed by atoms with Crippen LogP contribution in [0.25, 0.3) is 0 Å². The number of para-hydroxylation sites is 1. The lowest BCUT2D eigenvalue weighted by atomic mass is 10.0. The van der Waals surface area contributed by atoms with Crippen LogP contribution >= 0.6 is 0 Å². The Labute approximate surface area is 83.4 Å². The van der Waals surface area contributed by atoms with E-state index >= 15 is 0 Å². The predicted octanol–water partition coefficient (Wildman–Crippen LogP) is 2.40. The minimum absolute atomic E-state index is 0.206. The largest absolute Gasteiger partial charge is 0.496 e. The standard InChI is InChI=1S/C11H13NO2/c1-8-5-4-6-10(11(8)14-3)9(2)12-7-13/h4-6,9H,1-3H3. The fourth-order valence-electron chi connectivity index (χ4n) is 1.43. The van der Waals surface area contributed by atoms with E-state index in [0.29, 0.717) is 0 Å². The second-order valence-corrected chi connectivity index (χ2v) is 3.09. The van der Waals surface area contributed by atoms with Crippen molar-refractivity contribution in [1.82, 2.24) is 0 Å². The molecule has 0 fully saturated rings. The van der Waals surface area contributed by atoms with Gasteiger partial charge in [0.1, 0.15) is 5.75 Å². The maximum absolute atomic E-state index is 10.1. The van der Waals surface area contributed by atoms with Gasteiger partial charge >= 0.3 is 0 Å². The second kappa shape index (κ2) is 4.58. The summed E-state index contributed by atoms with van der Waals surface area (Å²) in [4.78, 5) is 13.8. The van der Waals surface area contributed by atoms with Crippen molar-refractivity contribution in [2.75, 3.05) is 7.11 Å². The Hall–Kier alpha value is -1.60. The zero-order valence-electron chi connectivity index (χ0n) is 8.57. The molecule has 0 radical (unpaired) electrons. The average molecular weight is 191 g/mol. The summed E-state index contributed by atoms with van der Waals surface area (Å²) in [5, 5.41) is 0. The third kappa shape index (κ3) is 2.01. The van der Waals surface area contributed by atoms with E-state index in [2.05, 4.69) is 4.99 Å². The molecule has 74 valence electrons. The summed E-state index contributed by atoms with van der Waals surface area (Å²) in [7, 11) is 1.61. The SMILES string of the molecule is COc1c(C)cccc1C(C)N=C=O. The quantitative estimate of drug-likeness (QED) is 0.543. The number of benzene rings is 1. The van der Waals surface area contributed by atoms with E-state index in [4.69, 9.17) is 4.74 Å². The third-order valence-corrected chi connectivity index (χ3v) is 2.14. The van der Waals surface area contributed by atoms with Crippen LogP contribution in [0.15, 0.2) is 23.2 Å². The summed E-state index contributed by atoms with van der Waals surface area (Å²) in [5.74, 6) is 0.791. The van der Waals surface area contributed by atoms with Gasteiger partial charge in [0.15, 0.2) is 0 Å². The van der Waals surface area contributed by atoms with Crippen molar-refractivity contribution < 1.29 is 9.53 Å². The van der Waals surface area contributed by atoms with Crippen LogP contribution in [0.5, 0.6) is 5.75 Å². The maximum Gasteiger partial charge on any atom is 0.235 e. The van der Waals surface area contributed by atoms with Crippen LogP contribution in [0, 0.1) is 6.92 Å². The van der Waals surface area contributed by atoms with Gasteiger partial charge in [0, 0.05) is 5.56 Å². The monoisotopic (exact) mass is 191 g/mol. The van der Waals surface area contributed by atoms with Crippen molar-refractivity contribution in [2.24, 2.45) is 4.99 Å². The second-order valence-electron chi connectivity index (χ2n) is 3.09. The molecule has 1 aromatic carbocycles. The number of hydrogen-bond donors (Lipinski definition) is 0. The molecule has 0 aliphatic carbocycles. The van der Waals surface area contributed by atoms with Crippen molar-refractivity contribution in [2.45, 2.75) is 19.9 Å². The summed E-state index contributed by atoms with van der Waals surface area (Å²) in [6.07, 6.45) is 1.56. The number of rotatable bonds is 3. The summed E-state index contributed by atoms with van der Waals surface area (Å²) < 4.78 is 5.25. The zero-order valence-corrected chi connectivity index (χ0v) is 8.57. The Morgan fingerprint density at radius 1 is 1.50 bits per heavy atom. The van der Waals surface area contributed by atoms with Crippen molar-refractivity contribution in [3.8, 4) is 5.75 Å². The highest BCUT2D eigenvalue weighted by atomic mass is 16.5. The van der Waals surface area contributed by atoms with Crippen LogP contribution in [0.1, 0.15) is 24.1 Å². The molecule has 0 N–H and O–H groups in total. The number of methoxy groups -OCH3 is 1. The number of hydrogen-bond acceptors (Lipinski definition) is 3. The number of carbonyl (C=O) groups excluding carboxylic acids is 1. The highest BCUT2D eigenvalue weighted by Gasteiger charge is 2.11. The minimum Gasteiger partial charge on any atom is -0.496 e. The molecule has 0 spiro atoms.